The monoisotopic (exact) mass is 396 g/mol. The lowest BCUT2D eigenvalue weighted by molar-refractivity contribution is -0.130. The molecule has 1 unspecified atom stereocenters. The molecule has 3 rings (SSSR count). The number of benzene rings is 2. The average Bonchev–Trinajstić information content (AvgIpc) is 2.96. The normalized spacial score (nSPS) is 15.8. The molecule has 0 radical (unpaired) electrons. The van der Waals surface area contributed by atoms with Crippen molar-refractivity contribution >= 4 is 29.4 Å². The Hall–Kier alpha value is -3.88. The molecular formula is C20H20N4O5. The van der Waals surface area contributed by atoms with Crippen molar-refractivity contribution in [2.24, 2.45) is 5.73 Å². The van der Waals surface area contributed by atoms with Gasteiger partial charge in [-0.25, -0.2) is 4.79 Å². The highest BCUT2D eigenvalue weighted by Crippen LogP contribution is 2.17. The lowest BCUT2D eigenvalue weighted by Gasteiger charge is -2.13. The molecule has 0 bridgehead atoms. The number of nitrogens with zero attached hydrogens (tertiary/aromatic N) is 1. The van der Waals surface area contributed by atoms with E-state index >= 15 is 0 Å². The predicted octanol–water partition coefficient (Wildman–Crippen LogP) is 1.24. The van der Waals surface area contributed by atoms with Crippen molar-refractivity contribution in [3.63, 3.8) is 0 Å². The first-order valence-electron chi connectivity index (χ1n) is 8.82. The summed E-state index contributed by atoms with van der Waals surface area (Å²) in [5, 5.41) is 5.15. The van der Waals surface area contributed by atoms with Gasteiger partial charge in [0.1, 0.15) is 11.8 Å². The van der Waals surface area contributed by atoms with Gasteiger partial charge >= 0.3 is 6.03 Å². The molecule has 1 aliphatic heterocycles. The minimum absolute atomic E-state index is 0.0986. The number of ether oxygens (including phenoxy) is 1. The fraction of sp³-hybridized carbons (Fsp3) is 0.200. The number of primary amides is 1. The molecule has 2 aromatic rings. The first-order chi connectivity index (χ1) is 13.9. The molecule has 9 nitrogen and oxygen atoms in total. The maximum absolute atomic E-state index is 12.5. The van der Waals surface area contributed by atoms with Crippen LogP contribution in [-0.2, 0) is 16.1 Å². The van der Waals surface area contributed by atoms with E-state index in [1.54, 1.807) is 31.4 Å². The molecule has 2 aromatic carbocycles. The number of carbonyl (C=O) groups is 4. The third-order valence-electron chi connectivity index (χ3n) is 4.45. The first kappa shape index (κ1) is 19.9. The summed E-state index contributed by atoms with van der Waals surface area (Å²) in [5.41, 5.74) is 6.69. The van der Waals surface area contributed by atoms with Gasteiger partial charge in [-0.2, -0.15) is 0 Å². The number of amides is 5. The Kier molecular flexibility index (Phi) is 5.77. The van der Waals surface area contributed by atoms with E-state index in [0.29, 0.717) is 17.0 Å². The average molecular weight is 396 g/mol. The fourth-order valence-corrected chi connectivity index (χ4v) is 2.89. The summed E-state index contributed by atoms with van der Waals surface area (Å²) >= 11 is 0. The number of urea groups is 1. The molecule has 4 N–H and O–H groups in total. The quantitative estimate of drug-likeness (QED) is 0.606. The summed E-state index contributed by atoms with van der Waals surface area (Å²) in [6, 6.07) is 11.5. The highest BCUT2D eigenvalue weighted by molar-refractivity contribution is 6.07. The number of hydrogen-bond acceptors (Lipinski definition) is 5. The molecule has 150 valence electrons. The van der Waals surface area contributed by atoms with Crippen molar-refractivity contribution in [1.29, 1.82) is 0 Å². The lowest BCUT2D eigenvalue weighted by Crippen LogP contribution is -2.34. The van der Waals surface area contributed by atoms with E-state index in [0.717, 1.165) is 10.5 Å². The Morgan fingerprint density at radius 1 is 1.10 bits per heavy atom. The molecule has 1 saturated heterocycles. The van der Waals surface area contributed by atoms with Crippen molar-refractivity contribution in [1.82, 2.24) is 10.2 Å². The van der Waals surface area contributed by atoms with Gasteiger partial charge in [-0.15, -0.1) is 0 Å². The van der Waals surface area contributed by atoms with E-state index in [4.69, 9.17) is 10.5 Å². The van der Waals surface area contributed by atoms with Gasteiger partial charge < -0.3 is 21.1 Å². The summed E-state index contributed by atoms with van der Waals surface area (Å²) in [5.74, 6) is -0.810. The fourth-order valence-electron chi connectivity index (χ4n) is 2.89. The van der Waals surface area contributed by atoms with E-state index in [1.807, 2.05) is 0 Å². The number of nitrogens with one attached hydrogen (secondary N) is 2. The van der Waals surface area contributed by atoms with Crippen LogP contribution < -0.4 is 21.1 Å². The van der Waals surface area contributed by atoms with Crippen LogP contribution in [-0.4, -0.2) is 41.8 Å². The number of carbonyl (C=O) groups excluding carboxylic acids is 4. The van der Waals surface area contributed by atoms with E-state index in [1.165, 1.54) is 24.3 Å². The van der Waals surface area contributed by atoms with Gasteiger partial charge in [-0.1, -0.05) is 12.1 Å². The van der Waals surface area contributed by atoms with Gasteiger partial charge in [-0.05, 0) is 42.0 Å². The van der Waals surface area contributed by atoms with Crippen LogP contribution in [0.1, 0.15) is 22.3 Å². The molecule has 29 heavy (non-hydrogen) atoms. The third kappa shape index (κ3) is 4.70. The Morgan fingerprint density at radius 3 is 2.34 bits per heavy atom. The van der Waals surface area contributed by atoms with Crippen LogP contribution in [0.15, 0.2) is 48.5 Å². The van der Waals surface area contributed by atoms with Gasteiger partial charge in [0.2, 0.25) is 11.8 Å². The number of imide groups is 1. The van der Waals surface area contributed by atoms with Crippen LogP contribution in [0.3, 0.4) is 0 Å². The smallest absolute Gasteiger partial charge is 0.325 e. The largest absolute Gasteiger partial charge is 0.497 e. The van der Waals surface area contributed by atoms with Gasteiger partial charge in [0, 0.05) is 11.3 Å². The number of nitrogens with two attached hydrogens (primary N) is 1. The van der Waals surface area contributed by atoms with E-state index in [2.05, 4.69) is 10.6 Å². The van der Waals surface area contributed by atoms with Gasteiger partial charge in [0.05, 0.1) is 20.1 Å². The Bertz CT molecular complexity index is 940. The summed E-state index contributed by atoms with van der Waals surface area (Å²) in [7, 11) is 1.55. The second kappa shape index (κ2) is 8.42. The molecule has 9 heteroatoms. The predicted molar refractivity (Wildman–Crippen MR) is 104 cm³/mol. The minimum atomic E-state index is -0.939. The molecule has 5 amide bonds. The van der Waals surface area contributed by atoms with Crippen LogP contribution in [0.4, 0.5) is 10.5 Å². The van der Waals surface area contributed by atoms with Crippen LogP contribution in [0.25, 0.3) is 0 Å². The maximum atomic E-state index is 12.5. The summed E-state index contributed by atoms with van der Waals surface area (Å²) in [6.07, 6.45) is -0.207. The van der Waals surface area contributed by atoms with Gasteiger partial charge in [0.15, 0.2) is 0 Å². The Balaban J connectivity index is 1.58. The highest BCUT2D eigenvalue weighted by atomic mass is 16.5. The summed E-state index contributed by atoms with van der Waals surface area (Å²) in [4.78, 5) is 49.1. The molecule has 1 heterocycles. The summed E-state index contributed by atoms with van der Waals surface area (Å²) in [6.45, 7) is 0.0986. The van der Waals surface area contributed by atoms with Crippen molar-refractivity contribution in [3.05, 3.63) is 59.7 Å². The molecule has 0 aromatic heterocycles. The van der Waals surface area contributed by atoms with Crippen molar-refractivity contribution in [3.8, 4) is 5.75 Å². The van der Waals surface area contributed by atoms with E-state index < -0.39 is 29.8 Å². The molecule has 0 saturated carbocycles. The van der Waals surface area contributed by atoms with Crippen LogP contribution in [0.2, 0.25) is 0 Å². The van der Waals surface area contributed by atoms with Crippen molar-refractivity contribution in [2.75, 3.05) is 12.4 Å². The molecule has 1 fully saturated rings. The number of methoxy groups -OCH3 is 1. The van der Waals surface area contributed by atoms with Gasteiger partial charge in [-0.3, -0.25) is 19.3 Å². The lowest BCUT2D eigenvalue weighted by atomic mass is 10.1. The number of rotatable bonds is 7. The van der Waals surface area contributed by atoms with E-state index in [9.17, 15) is 19.2 Å². The minimum Gasteiger partial charge on any atom is -0.497 e. The second-order valence-electron chi connectivity index (χ2n) is 6.47. The van der Waals surface area contributed by atoms with Crippen LogP contribution in [0.5, 0.6) is 5.75 Å². The van der Waals surface area contributed by atoms with Crippen LogP contribution >= 0.6 is 0 Å². The Labute approximate surface area is 166 Å². The van der Waals surface area contributed by atoms with Crippen molar-refractivity contribution < 1.29 is 23.9 Å². The number of hydrogen-bond donors (Lipinski definition) is 3. The zero-order valence-electron chi connectivity index (χ0n) is 15.7. The Morgan fingerprint density at radius 2 is 1.76 bits per heavy atom. The second-order valence-corrected chi connectivity index (χ2v) is 6.47. The zero-order chi connectivity index (χ0) is 21.0. The van der Waals surface area contributed by atoms with Gasteiger partial charge in [0.25, 0.3) is 5.91 Å². The van der Waals surface area contributed by atoms with Crippen molar-refractivity contribution in [2.45, 2.75) is 19.0 Å². The maximum Gasteiger partial charge on any atom is 0.325 e. The van der Waals surface area contributed by atoms with E-state index in [-0.39, 0.29) is 13.0 Å². The number of anilines is 1. The highest BCUT2D eigenvalue weighted by Gasteiger charge is 2.38. The molecule has 1 aliphatic rings. The first-order valence-corrected chi connectivity index (χ1v) is 8.82. The molecule has 1 atom stereocenters. The third-order valence-corrected chi connectivity index (χ3v) is 4.45. The molecule has 0 aliphatic carbocycles. The molecular weight excluding hydrogens is 376 g/mol. The van der Waals surface area contributed by atoms with Crippen LogP contribution in [0, 0.1) is 0 Å². The SMILES string of the molecule is COc1ccc(CN2C(=O)NC(CC(=O)Nc3ccc(C(N)=O)cc3)C2=O)cc1. The topological polar surface area (TPSA) is 131 Å². The zero-order valence-corrected chi connectivity index (χ0v) is 15.7. The standard InChI is InChI=1S/C20H20N4O5/c1-29-15-8-2-12(3-9-15)11-24-19(27)16(23-20(24)28)10-17(25)22-14-6-4-13(5-7-14)18(21)26/h2-9,16H,10-11H2,1H3,(H2,21,26)(H,22,25)(H,23,28). The summed E-state index contributed by atoms with van der Waals surface area (Å²) < 4.78 is 5.08. The molecule has 0 spiro atoms.